The maximum Gasteiger partial charge on any atom is 0.433 e. The molecule has 0 spiro atoms. The van der Waals surface area contributed by atoms with Gasteiger partial charge in [0.15, 0.2) is 15.0 Å². The summed E-state index contributed by atoms with van der Waals surface area (Å²) >= 11 is 1.36. The highest BCUT2D eigenvalue weighted by Gasteiger charge is 2.37. The number of thiazole rings is 1. The van der Waals surface area contributed by atoms with E-state index in [1.807, 2.05) is 13.8 Å². The van der Waals surface area contributed by atoms with E-state index in [1.54, 1.807) is 6.92 Å². The summed E-state index contributed by atoms with van der Waals surface area (Å²) in [5.41, 5.74) is 1.04. The Bertz CT molecular complexity index is 1370. The highest BCUT2D eigenvalue weighted by molar-refractivity contribution is 7.91. The SMILES string of the molecule is CCS(=O)(=O)c1ccc(CC(=O)Nc2nc3c(s2)CN(Cc2ccc(C(F)(F)F)nc2)[C@H]3C(C)C)nc1. The Morgan fingerprint density at radius 3 is 2.51 bits per heavy atom. The number of carbonyl (C=O) groups is 1. The first-order valence-electron chi connectivity index (χ1n) is 11.6. The number of carbonyl (C=O) groups excluding carboxylic acids is 1. The number of alkyl halides is 3. The van der Waals surface area contributed by atoms with E-state index < -0.39 is 21.7 Å². The molecule has 8 nitrogen and oxygen atoms in total. The van der Waals surface area contributed by atoms with Crippen LogP contribution in [0.15, 0.2) is 41.6 Å². The van der Waals surface area contributed by atoms with Crippen LogP contribution < -0.4 is 5.32 Å². The monoisotopic (exact) mass is 553 g/mol. The second-order valence-corrected chi connectivity index (χ2v) is 12.4. The second-order valence-electron chi connectivity index (χ2n) is 9.08. The minimum Gasteiger partial charge on any atom is -0.302 e. The standard InChI is InChI=1S/C24H26F3N5O3S2/c1-4-37(34,35)17-7-6-16(28-11-17)9-20(33)30-23-31-21-18(36-23)13-32(22(21)14(2)3)12-15-5-8-19(29-10-15)24(25,26)27/h5-8,10-11,14,22H,4,9,12-13H2,1-3H3,(H,30,31,33)/t22-/m0/s1. The van der Waals surface area contributed by atoms with Gasteiger partial charge in [0.05, 0.1) is 28.8 Å². The molecule has 1 aliphatic rings. The van der Waals surface area contributed by atoms with Crippen molar-refractivity contribution in [1.29, 1.82) is 0 Å². The molecule has 37 heavy (non-hydrogen) atoms. The molecule has 3 aromatic heterocycles. The summed E-state index contributed by atoms with van der Waals surface area (Å²) in [6, 6.07) is 5.33. The van der Waals surface area contributed by atoms with Crippen molar-refractivity contribution in [1.82, 2.24) is 19.9 Å². The van der Waals surface area contributed by atoms with Crippen LogP contribution in [-0.2, 0) is 40.3 Å². The second kappa shape index (κ2) is 10.5. The van der Waals surface area contributed by atoms with E-state index in [0.29, 0.717) is 29.5 Å². The Balaban J connectivity index is 1.41. The summed E-state index contributed by atoms with van der Waals surface area (Å²) in [7, 11) is -3.36. The van der Waals surface area contributed by atoms with E-state index >= 15 is 0 Å². The van der Waals surface area contributed by atoms with Gasteiger partial charge in [0.1, 0.15) is 5.69 Å². The fourth-order valence-electron chi connectivity index (χ4n) is 4.22. The molecule has 0 saturated heterocycles. The average molecular weight is 554 g/mol. The Morgan fingerprint density at radius 2 is 1.95 bits per heavy atom. The number of fused-ring (bicyclic) bond motifs is 1. The zero-order valence-electron chi connectivity index (χ0n) is 20.4. The van der Waals surface area contributed by atoms with Gasteiger partial charge in [-0.3, -0.25) is 19.7 Å². The Morgan fingerprint density at radius 1 is 1.19 bits per heavy atom. The van der Waals surface area contributed by atoms with Gasteiger partial charge in [0.25, 0.3) is 0 Å². The van der Waals surface area contributed by atoms with Crippen LogP contribution in [0.1, 0.15) is 54.3 Å². The number of pyridine rings is 2. The summed E-state index contributed by atoms with van der Waals surface area (Å²) in [5, 5.41) is 3.26. The smallest absolute Gasteiger partial charge is 0.302 e. The molecule has 198 valence electrons. The maximum atomic E-state index is 12.8. The van der Waals surface area contributed by atoms with E-state index in [0.717, 1.165) is 16.6 Å². The highest BCUT2D eigenvalue weighted by Crippen LogP contribution is 2.43. The molecule has 0 radical (unpaired) electrons. The molecule has 0 saturated carbocycles. The zero-order valence-corrected chi connectivity index (χ0v) is 22.0. The predicted octanol–water partition coefficient (Wildman–Crippen LogP) is 4.64. The molecule has 0 bridgehead atoms. The van der Waals surface area contributed by atoms with Crippen molar-refractivity contribution < 1.29 is 26.4 Å². The van der Waals surface area contributed by atoms with Gasteiger partial charge in [-0.1, -0.05) is 26.8 Å². The van der Waals surface area contributed by atoms with Crippen LogP contribution in [-0.4, -0.2) is 39.9 Å². The Labute approximate surface area is 216 Å². The molecule has 1 atom stereocenters. The lowest BCUT2D eigenvalue weighted by atomic mass is 10.0. The highest BCUT2D eigenvalue weighted by atomic mass is 32.2. The van der Waals surface area contributed by atoms with E-state index in [2.05, 4.69) is 25.2 Å². The normalized spacial score (nSPS) is 16.2. The fraction of sp³-hybridized carbons (Fsp3) is 0.417. The largest absolute Gasteiger partial charge is 0.433 e. The van der Waals surface area contributed by atoms with Gasteiger partial charge in [0, 0.05) is 36.1 Å². The van der Waals surface area contributed by atoms with Gasteiger partial charge in [0.2, 0.25) is 5.91 Å². The topological polar surface area (TPSA) is 105 Å². The minimum absolute atomic E-state index is 0.0285. The van der Waals surface area contributed by atoms with Crippen LogP contribution in [0.25, 0.3) is 0 Å². The van der Waals surface area contributed by atoms with Crippen molar-refractivity contribution in [3.05, 3.63) is 64.2 Å². The molecule has 1 amide bonds. The summed E-state index contributed by atoms with van der Waals surface area (Å²) < 4.78 is 62.3. The number of nitrogens with zero attached hydrogens (tertiary/aromatic N) is 4. The first kappa shape index (κ1) is 27.1. The molecule has 4 heterocycles. The Kier molecular flexibility index (Phi) is 7.67. The number of sulfone groups is 1. The molecular formula is C24H26F3N5O3S2. The number of rotatable bonds is 8. The van der Waals surface area contributed by atoms with Gasteiger partial charge in [-0.2, -0.15) is 13.2 Å². The quantitative estimate of drug-likeness (QED) is 0.433. The minimum atomic E-state index is -4.48. The number of aromatic nitrogens is 3. The molecule has 13 heteroatoms. The number of hydrogen-bond acceptors (Lipinski definition) is 8. The van der Waals surface area contributed by atoms with E-state index in [-0.39, 0.29) is 34.9 Å². The van der Waals surface area contributed by atoms with Gasteiger partial charge in [-0.15, -0.1) is 11.3 Å². The summed E-state index contributed by atoms with van der Waals surface area (Å²) in [4.78, 5) is 28.1. The molecule has 0 unspecified atom stereocenters. The maximum absolute atomic E-state index is 12.8. The lowest BCUT2D eigenvalue weighted by Gasteiger charge is -2.27. The van der Waals surface area contributed by atoms with Crippen LogP contribution in [0.4, 0.5) is 18.3 Å². The molecule has 3 aromatic rings. The van der Waals surface area contributed by atoms with Gasteiger partial charge < -0.3 is 5.32 Å². The lowest BCUT2D eigenvalue weighted by molar-refractivity contribution is -0.141. The van der Waals surface area contributed by atoms with Crippen LogP contribution in [0, 0.1) is 5.92 Å². The van der Waals surface area contributed by atoms with E-state index in [4.69, 9.17) is 0 Å². The van der Waals surface area contributed by atoms with Crippen LogP contribution >= 0.6 is 11.3 Å². The molecular weight excluding hydrogens is 527 g/mol. The molecule has 1 aliphatic heterocycles. The van der Waals surface area contributed by atoms with Crippen molar-refractivity contribution in [2.45, 2.75) is 57.4 Å². The lowest BCUT2D eigenvalue weighted by Crippen LogP contribution is -2.26. The third kappa shape index (κ3) is 6.16. The van der Waals surface area contributed by atoms with Gasteiger partial charge in [-0.05, 0) is 29.7 Å². The van der Waals surface area contributed by atoms with Crippen LogP contribution in [0.2, 0.25) is 0 Å². The first-order chi connectivity index (χ1) is 17.4. The number of amides is 1. The summed E-state index contributed by atoms with van der Waals surface area (Å²) in [6.45, 7) is 6.62. The number of halogens is 3. The third-order valence-electron chi connectivity index (χ3n) is 6.00. The van der Waals surface area contributed by atoms with Crippen LogP contribution in [0.3, 0.4) is 0 Å². The average Bonchev–Trinajstić information content (AvgIpc) is 3.35. The zero-order chi connectivity index (χ0) is 27.0. The molecule has 4 rings (SSSR count). The van der Waals surface area contributed by atoms with Gasteiger partial charge >= 0.3 is 6.18 Å². The first-order valence-corrected chi connectivity index (χ1v) is 14.1. The number of anilines is 1. The van der Waals surface area contributed by atoms with E-state index in [1.165, 1.54) is 41.9 Å². The van der Waals surface area contributed by atoms with Crippen molar-refractivity contribution in [2.24, 2.45) is 5.92 Å². The molecule has 0 aliphatic carbocycles. The molecule has 1 N–H and O–H groups in total. The molecule has 0 fully saturated rings. The van der Waals surface area contributed by atoms with E-state index in [9.17, 15) is 26.4 Å². The fourth-order valence-corrected chi connectivity index (χ4v) is 6.09. The summed E-state index contributed by atoms with van der Waals surface area (Å²) in [5.74, 6) is -0.171. The number of hydrogen-bond donors (Lipinski definition) is 1. The van der Waals surface area contributed by atoms with Crippen molar-refractivity contribution >= 4 is 32.2 Å². The van der Waals surface area contributed by atoms with Crippen molar-refractivity contribution in [2.75, 3.05) is 11.1 Å². The van der Waals surface area contributed by atoms with Crippen molar-refractivity contribution in [3.8, 4) is 0 Å². The Hall–Kier alpha value is -2.90. The molecule has 0 aromatic carbocycles. The third-order valence-corrected chi connectivity index (χ3v) is 8.70. The van der Waals surface area contributed by atoms with Crippen molar-refractivity contribution in [3.63, 3.8) is 0 Å². The predicted molar refractivity (Wildman–Crippen MR) is 132 cm³/mol. The van der Waals surface area contributed by atoms with Gasteiger partial charge in [-0.25, -0.2) is 13.4 Å². The number of nitrogens with one attached hydrogen (secondary N) is 1. The summed E-state index contributed by atoms with van der Waals surface area (Å²) in [6.07, 6.45) is -1.99. The van der Waals surface area contributed by atoms with Crippen LogP contribution in [0.5, 0.6) is 0 Å².